The fraction of sp³-hybridized carbons (Fsp3) is 1.00. The van der Waals surface area contributed by atoms with Crippen molar-refractivity contribution in [3.63, 3.8) is 0 Å². The van der Waals surface area contributed by atoms with Crippen LogP contribution in [0.5, 0.6) is 0 Å². The van der Waals surface area contributed by atoms with Crippen molar-refractivity contribution in [1.82, 2.24) is 0 Å². The molecular weight excluding hydrogens is 182 g/mol. The van der Waals surface area contributed by atoms with Gasteiger partial charge in [0, 0.05) is 0 Å². The van der Waals surface area contributed by atoms with Gasteiger partial charge in [0.15, 0.2) is 0 Å². The quantitative estimate of drug-likeness (QED) is 0.570. The van der Waals surface area contributed by atoms with Gasteiger partial charge in [-0.2, -0.15) is 0 Å². The second-order valence-corrected chi connectivity index (χ2v) is 4.46. The molecule has 0 aromatic carbocycles. The van der Waals surface area contributed by atoms with E-state index in [0.29, 0.717) is 0 Å². The lowest BCUT2D eigenvalue weighted by atomic mass is 9.90. The van der Waals surface area contributed by atoms with Crippen molar-refractivity contribution in [2.75, 3.05) is 0 Å². The van der Waals surface area contributed by atoms with Gasteiger partial charge in [-0.25, -0.2) is 0 Å². The maximum absolute atomic E-state index is 7.61. The van der Waals surface area contributed by atoms with E-state index in [1.54, 1.807) is 0 Å². The van der Waals surface area contributed by atoms with Crippen LogP contribution in [0.2, 0.25) is 13.6 Å². The highest BCUT2D eigenvalue weighted by molar-refractivity contribution is 6.43. The van der Waals surface area contributed by atoms with Gasteiger partial charge in [0.1, 0.15) is 0 Å². The number of hydrogen-bond acceptors (Lipinski definition) is 4. The molecule has 0 amide bonds. The average Bonchev–Trinajstić information content (AvgIpc) is 1.96. The highest BCUT2D eigenvalue weighted by atomic mass is 16.7. The lowest BCUT2D eigenvalue weighted by Gasteiger charge is -2.32. The Balaban J connectivity index is 0.000000364. The van der Waals surface area contributed by atoms with E-state index in [-0.39, 0.29) is 18.3 Å². The summed E-state index contributed by atoms with van der Waals surface area (Å²) in [4.78, 5) is 0. The molecule has 1 aliphatic rings. The Morgan fingerprint density at radius 2 is 1.21 bits per heavy atom. The van der Waals surface area contributed by atoms with Gasteiger partial charge < -0.3 is 19.4 Å². The lowest BCUT2D eigenvalue weighted by Crippen LogP contribution is -2.41. The zero-order chi connectivity index (χ0) is 11.6. The molecule has 0 saturated carbocycles. The number of hydrogen-bond donors (Lipinski definition) is 2. The van der Waals surface area contributed by atoms with E-state index in [1.165, 1.54) is 6.82 Å². The van der Waals surface area contributed by atoms with Gasteiger partial charge in [-0.1, -0.05) is 0 Å². The van der Waals surface area contributed by atoms with Gasteiger partial charge in [0.2, 0.25) is 0 Å². The molecule has 2 N–H and O–H groups in total. The molecule has 0 atom stereocenters. The van der Waals surface area contributed by atoms with Crippen molar-refractivity contribution in [2.24, 2.45) is 0 Å². The van der Waals surface area contributed by atoms with Gasteiger partial charge in [-0.15, -0.1) is 0 Å². The third-order valence-electron chi connectivity index (χ3n) is 2.37. The molecule has 1 fully saturated rings. The summed E-state index contributed by atoms with van der Waals surface area (Å²) in [6.07, 6.45) is 0. The van der Waals surface area contributed by atoms with E-state index in [0.717, 1.165) is 0 Å². The molecule has 0 unspecified atom stereocenters. The second kappa shape index (κ2) is 4.66. The molecular formula is C8H20B2O4. The van der Waals surface area contributed by atoms with Crippen molar-refractivity contribution in [1.29, 1.82) is 0 Å². The monoisotopic (exact) mass is 202 g/mol. The zero-order valence-electron chi connectivity index (χ0n) is 9.87. The van der Waals surface area contributed by atoms with Crippen LogP contribution in [-0.4, -0.2) is 35.5 Å². The minimum Gasteiger partial charge on any atom is -0.427 e. The summed E-state index contributed by atoms with van der Waals surface area (Å²) in [6, 6.07) is 0. The van der Waals surface area contributed by atoms with E-state index < -0.39 is 7.12 Å². The molecule has 6 heteroatoms. The van der Waals surface area contributed by atoms with Gasteiger partial charge in [0.05, 0.1) is 11.2 Å². The van der Waals surface area contributed by atoms with Crippen LogP contribution in [0.3, 0.4) is 0 Å². The lowest BCUT2D eigenvalue weighted by molar-refractivity contribution is 0.00578. The molecule has 0 spiro atoms. The van der Waals surface area contributed by atoms with Crippen LogP contribution in [0.1, 0.15) is 27.7 Å². The first-order chi connectivity index (χ1) is 6.08. The molecule has 1 rings (SSSR count). The first-order valence-corrected chi connectivity index (χ1v) is 4.80. The summed E-state index contributed by atoms with van der Waals surface area (Å²) in [5.74, 6) is 0. The SMILES string of the molecule is CB(O)O.CB1OC(C)(C)C(C)(C)O1. The van der Waals surface area contributed by atoms with Crippen molar-refractivity contribution in [2.45, 2.75) is 52.5 Å². The normalized spacial score (nSPS) is 22.7. The van der Waals surface area contributed by atoms with Crippen molar-refractivity contribution >= 4 is 14.2 Å². The smallest absolute Gasteiger partial charge is 0.427 e. The van der Waals surface area contributed by atoms with Crippen LogP contribution in [0, 0.1) is 0 Å². The molecule has 1 heterocycles. The summed E-state index contributed by atoms with van der Waals surface area (Å²) in [5.41, 5.74) is -0.321. The Morgan fingerprint density at radius 1 is 1.00 bits per heavy atom. The minimum absolute atomic E-state index is 0.0648. The van der Waals surface area contributed by atoms with E-state index in [1.807, 2.05) is 6.82 Å². The van der Waals surface area contributed by atoms with E-state index in [4.69, 9.17) is 19.4 Å². The second-order valence-electron chi connectivity index (χ2n) is 4.46. The summed E-state index contributed by atoms with van der Waals surface area (Å²) >= 11 is 0. The molecule has 0 aromatic heterocycles. The van der Waals surface area contributed by atoms with Crippen molar-refractivity contribution in [3.8, 4) is 0 Å². The topological polar surface area (TPSA) is 58.9 Å². The molecule has 0 bridgehead atoms. The molecule has 14 heavy (non-hydrogen) atoms. The van der Waals surface area contributed by atoms with Crippen LogP contribution in [0.15, 0.2) is 0 Å². The summed E-state index contributed by atoms with van der Waals surface area (Å²) in [5, 5.41) is 15.2. The van der Waals surface area contributed by atoms with Gasteiger partial charge >= 0.3 is 14.2 Å². The predicted octanol–water partition coefficient (Wildman–Crippen LogP) is 0.797. The van der Waals surface area contributed by atoms with E-state index >= 15 is 0 Å². The summed E-state index contributed by atoms with van der Waals surface area (Å²) < 4.78 is 11.1. The fourth-order valence-corrected chi connectivity index (χ4v) is 1.14. The summed E-state index contributed by atoms with van der Waals surface area (Å²) in [6.45, 7) is 11.4. The van der Waals surface area contributed by atoms with Gasteiger partial charge in [0.25, 0.3) is 0 Å². The molecule has 0 radical (unpaired) electrons. The Morgan fingerprint density at radius 3 is 1.29 bits per heavy atom. The van der Waals surface area contributed by atoms with Crippen LogP contribution < -0.4 is 0 Å². The molecule has 82 valence electrons. The predicted molar refractivity (Wildman–Crippen MR) is 58.0 cm³/mol. The van der Waals surface area contributed by atoms with E-state index in [9.17, 15) is 0 Å². The Labute approximate surface area is 86.9 Å². The van der Waals surface area contributed by atoms with Gasteiger partial charge in [-0.05, 0) is 41.3 Å². The maximum Gasteiger partial charge on any atom is 0.454 e. The number of rotatable bonds is 0. The highest BCUT2D eigenvalue weighted by Gasteiger charge is 2.48. The largest absolute Gasteiger partial charge is 0.454 e. The van der Waals surface area contributed by atoms with Gasteiger partial charge in [-0.3, -0.25) is 0 Å². The maximum atomic E-state index is 7.61. The van der Waals surface area contributed by atoms with Crippen molar-refractivity contribution in [3.05, 3.63) is 0 Å². The third-order valence-corrected chi connectivity index (χ3v) is 2.37. The minimum atomic E-state index is -1.17. The highest BCUT2D eigenvalue weighted by Crippen LogP contribution is 2.36. The molecule has 0 aliphatic carbocycles. The Kier molecular flexibility index (Phi) is 4.65. The van der Waals surface area contributed by atoms with Crippen LogP contribution in [-0.2, 0) is 9.31 Å². The average molecular weight is 202 g/mol. The summed E-state index contributed by atoms with van der Waals surface area (Å²) in [7, 11) is -1.23. The van der Waals surface area contributed by atoms with Crippen LogP contribution in [0.25, 0.3) is 0 Å². The van der Waals surface area contributed by atoms with E-state index in [2.05, 4.69) is 27.7 Å². The molecule has 1 aliphatic heterocycles. The third kappa shape index (κ3) is 4.00. The Hall–Kier alpha value is -0.0301. The fourth-order valence-electron chi connectivity index (χ4n) is 1.14. The molecule has 4 nitrogen and oxygen atoms in total. The van der Waals surface area contributed by atoms with Crippen LogP contribution >= 0.6 is 0 Å². The van der Waals surface area contributed by atoms with Crippen LogP contribution in [0.4, 0.5) is 0 Å². The van der Waals surface area contributed by atoms with Crippen molar-refractivity contribution < 1.29 is 19.4 Å². The first-order valence-electron chi connectivity index (χ1n) is 4.80. The molecule has 0 aromatic rings. The first kappa shape index (κ1) is 14.0. The Bertz CT molecular complexity index is 163. The molecule has 1 saturated heterocycles. The zero-order valence-corrected chi connectivity index (χ0v) is 9.87. The standard InChI is InChI=1S/C7H15BO2.CH5BO2/c1-6(2)7(3,4)10-8(5)9-6;1-2(3)4/h1-5H3;3-4H,1H3.